The van der Waals surface area contributed by atoms with Gasteiger partial charge in [-0.15, -0.1) is 0 Å². The van der Waals surface area contributed by atoms with Crippen molar-refractivity contribution in [3.8, 4) is 0 Å². The zero-order valence-electron chi connectivity index (χ0n) is 15.2. The number of aliphatic hydroxyl groups excluding tert-OH is 3. The molecule has 0 fully saturated rings. The van der Waals surface area contributed by atoms with Crippen molar-refractivity contribution in [2.75, 3.05) is 46.0 Å². The minimum Gasteiger partial charge on any atom is -0.481 e. The van der Waals surface area contributed by atoms with Gasteiger partial charge in [-0.25, -0.2) is 0 Å². The Kier molecular flexibility index (Phi) is 15.4. The van der Waals surface area contributed by atoms with Crippen LogP contribution >= 0.6 is 0 Å². The van der Waals surface area contributed by atoms with Crippen LogP contribution in [0.25, 0.3) is 0 Å². The number of carbonyl (C=O) groups is 1. The molecule has 0 saturated carbocycles. The lowest BCUT2D eigenvalue weighted by Crippen LogP contribution is -2.53. The van der Waals surface area contributed by atoms with E-state index in [0.29, 0.717) is 24.1 Å². The minimum atomic E-state index is -0.701. The van der Waals surface area contributed by atoms with E-state index in [1.165, 1.54) is 25.7 Å². The SMILES string of the molecule is O=C(O)CCCCCCCCCCC[N+](CCO)(CCO)CCO. The summed E-state index contributed by atoms with van der Waals surface area (Å²) in [5, 5.41) is 36.3. The maximum atomic E-state index is 10.4. The number of quaternary nitrogens is 1. The summed E-state index contributed by atoms with van der Waals surface area (Å²) in [6, 6.07) is 0. The predicted octanol–water partition coefficient (Wildman–Crippen LogP) is 1.77. The number of aliphatic carboxylic acids is 1. The zero-order chi connectivity index (χ0) is 18.1. The Bertz CT molecular complexity index is 282. The molecule has 0 rings (SSSR count). The fourth-order valence-electron chi connectivity index (χ4n) is 3.27. The van der Waals surface area contributed by atoms with E-state index in [4.69, 9.17) is 5.11 Å². The van der Waals surface area contributed by atoms with E-state index in [-0.39, 0.29) is 26.2 Å². The van der Waals surface area contributed by atoms with Crippen LogP contribution in [0, 0.1) is 0 Å². The van der Waals surface area contributed by atoms with Crippen molar-refractivity contribution in [2.45, 2.75) is 64.2 Å². The minimum absolute atomic E-state index is 0.0852. The molecule has 0 aromatic carbocycles. The van der Waals surface area contributed by atoms with Crippen LogP contribution in [0.15, 0.2) is 0 Å². The van der Waals surface area contributed by atoms with E-state index in [2.05, 4.69) is 0 Å². The summed E-state index contributed by atoms with van der Waals surface area (Å²) in [6.07, 6.45) is 10.2. The van der Waals surface area contributed by atoms with E-state index >= 15 is 0 Å². The third-order valence-corrected chi connectivity index (χ3v) is 4.75. The molecule has 0 atom stereocenters. The molecule has 4 N–H and O–H groups in total. The van der Waals surface area contributed by atoms with Crippen molar-refractivity contribution < 1.29 is 29.7 Å². The van der Waals surface area contributed by atoms with Crippen LogP contribution in [-0.4, -0.2) is 76.9 Å². The summed E-state index contributed by atoms with van der Waals surface area (Å²) in [5.74, 6) is -0.701. The molecule has 0 amide bonds. The quantitative estimate of drug-likeness (QED) is 0.223. The molecular weight excluding hydrogens is 310 g/mol. The average Bonchev–Trinajstić information content (AvgIpc) is 2.53. The standard InChI is InChI=1S/C18H37NO5/c20-15-12-19(13-16-21,14-17-22)11-9-7-5-3-1-2-4-6-8-10-18(23)24/h20-22H,1-17H2/p+1. The first-order valence-corrected chi connectivity index (χ1v) is 9.49. The predicted molar refractivity (Wildman–Crippen MR) is 94.8 cm³/mol. The number of hydrogen-bond donors (Lipinski definition) is 4. The number of hydrogen-bond acceptors (Lipinski definition) is 4. The van der Waals surface area contributed by atoms with Gasteiger partial charge in [-0.05, 0) is 19.3 Å². The maximum absolute atomic E-state index is 10.4. The smallest absolute Gasteiger partial charge is 0.303 e. The van der Waals surface area contributed by atoms with Gasteiger partial charge in [0.2, 0.25) is 0 Å². The zero-order valence-corrected chi connectivity index (χ0v) is 15.2. The summed E-state index contributed by atoms with van der Waals surface area (Å²) >= 11 is 0. The number of unbranched alkanes of at least 4 members (excludes halogenated alkanes) is 8. The third-order valence-electron chi connectivity index (χ3n) is 4.75. The van der Waals surface area contributed by atoms with E-state index in [9.17, 15) is 20.1 Å². The van der Waals surface area contributed by atoms with Crippen molar-refractivity contribution in [3.63, 3.8) is 0 Å². The molecule has 0 bridgehead atoms. The van der Waals surface area contributed by atoms with Crippen LogP contribution in [-0.2, 0) is 4.79 Å². The maximum Gasteiger partial charge on any atom is 0.303 e. The second kappa shape index (κ2) is 15.8. The highest BCUT2D eigenvalue weighted by Crippen LogP contribution is 2.13. The largest absolute Gasteiger partial charge is 0.481 e. The van der Waals surface area contributed by atoms with Gasteiger partial charge in [0.15, 0.2) is 0 Å². The molecule has 144 valence electrons. The highest BCUT2D eigenvalue weighted by atomic mass is 16.4. The van der Waals surface area contributed by atoms with Gasteiger partial charge in [0.1, 0.15) is 19.6 Å². The van der Waals surface area contributed by atoms with Crippen LogP contribution in [0.3, 0.4) is 0 Å². The summed E-state index contributed by atoms with van der Waals surface area (Å²) in [4.78, 5) is 10.4. The van der Waals surface area contributed by atoms with Gasteiger partial charge in [0.05, 0.1) is 26.4 Å². The molecule has 0 spiro atoms. The molecule has 0 aliphatic rings. The molecule has 0 aromatic heterocycles. The van der Waals surface area contributed by atoms with Gasteiger partial charge < -0.3 is 24.9 Å². The Morgan fingerprint density at radius 1 is 0.583 bits per heavy atom. The Hall–Kier alpha value is -0.690. The highest BCUT2D eigenvalue weighted by molar-refractivity contribution is 5.66. The first kappa shape index (κ1) is 23.3. The van der Waals surface area contributed by atoms with Crippen molar-refractivity contribution in [2.24, 2.45) is 0 Å². The van der Waals surface area contributed by atoms with Crippen molar-refractivity contribution >= 4 is 5.97 Å². The van der Waals surface area contributed by atoms with E-state index in [1.54, 1.807) is 0 Å². The van der Waals surface area contributed by atoms with Gasteiger partial charge in [-0.3, -0.25) is 4.79 Å². The van der Waals surface area contributed by atoms with E-state index < -0.39 is 5.97 Å². The van der Waals surface area contributed by atoms with Gasteiger partial charge in [-0.2, -0.15) is 0 Å². The van der Waals surface area contributed by atoms with Gasteiger partial charge in [-0.1, -0.05) is 38.5 Å². The van der Waals surface area contributed by atoms with Crippen molar-refractivity contribution in [1.29, 1.82) is 0 Å². The van der Waals surface area contributed by atoms with E-state index in [0.717, 1.165) is 38.6 Å². The van der Waals surface area contributed by atoms with Gasteiger partial charge in [0.25, 0.3) is 0 Å². The normalized spacial score (nSPS) is 11.8. The van der Waals surface area contributed by atoms with E-state index in [1.807, 2.05) is 0 Å². The average molecular weight is 349 g/mol. The van der Waals surface area contributed by atoms with Crippen molar-refractivity contribution in [3.05, 3.63) is 0 Å². The molecule has 0 saturated heterocycles. The second-order valence-electron chi connectivity index (χ2n) is 6.73. The summed E-state index contributed by atoms with van der Waals surface area (Å²) in [6.45, 7) is 2.94. The lowest BCUT2D eigenvalue weighted by Gasteiger charge is -2.37. The molecule has 24 heavy (non-hydrogen) atoms. The number of nitrogens with zero attached hydrogens (tertiary/aromatic N) is 1. The van der Waals surface area contributed by atoms with Crippen LogP contribution in [0.1, 0.15) is 64.2 Å². The monoisotopic (exact) mass is 348 g/mol. The highest BCUT2D eigenvalue weighted by Gasteiger charge is 2.25. The Balaban J connectivity index is 3.65. The number of carboxylic acid groups (broad SMARTS) is 1. The molecule has 0 aromatic rings. The summed E-state index contributed by atoms with van der Waals surface area (Å²) in [7, 11) is 0. The number of rotatable bonds is 18. The first-order valence-electron chi connectivity index (χ1n) is 9.49. The Labute approximate surface area is 146 Å². The molecule has 0 heterocycles. The molecule has 6 heteroatoms. The molecule has 0 aliphatic carbocycles. The fraction of sp³-hybridized carbons (Fsp3) is 0.944. The van der Waals surface area contributed by atoms with Crippen LogP contribution in [0.5, 0.6) is 0 Å². The topological polar surface area (TPSA) is 98.0 Å². The van der Waals surface area contributed by atoms with Crippen LogP contribution < -0.4 is 0 Å². The third kappa shape index (κ3) is 12.7. The molecule has 6 nitrogen and oxygen atoms in total. The first-order chi connectivity index (χ1) is 11.6. The molecule has 0 unspecified atom stereocenters. The summed E-state index contributed by atoms with van der Waals surface area (Å²) < 4.78 is 0.604. The fourth-order valence-corrected chi connectivity index (χ4v) is 3.27. The van der Waals surface area contributed by atoms with Crippen LogP contribution in [0.2, 0.25) is 0 Å². The Morgan fingerprint density at radius 2 is 0.958 bits per heavy atom. The van der Waals surface area contributed by atoms with Crippen molar-refractivity contribution in [1.82, 2.24) is 0 Å². The lowest BCUT2D eigenvalue weighted by atomic mass is 10.1. The molecule has 0 radical (unpaired) electrons. The Morgan fingerprint density at radius 3 is 1.33 bits per heavy atom. The second-order valence-corrected chi connectivity index (χ2v) is 6.73. The van der Waals surface area contributed by atoms with Crippen LogP contribution in [0.4, 0.5) is 0 Å². The molecule has 0 aliphatic heterocycles. The van der Waals surface area contributed by atoms with Gasteiger partial charge in [0, 0.05) is 6.42 Å². The lowest BCUT2D eigenvalue weighted by molar-refractivity contribution is -0.929. The summed E-state index contributed by atoms with van der Waals surface area (Å²) in [5.41, 5.74) is 0. The van der Waals surface area contributed by atoms with Gasteiger partial charge >= 0.3 is 5.97 Å². The molecular formula is C18H38NO5+. The number of aliphatic hydroxyl groups is 3. The number of carboxylic acids is 1.